The summed E-state index contributed by atoms with van der Waals surface area (Å²) in [5.74, 6) is -0.313. The van der Waals surface area contributed by atoms with Crippen LogP contribution in [0, 0.1) is 11.8 Å². The second kappa shape index (κ2) is 10.7. The summed E-state index contributed by atoms with van der Waals surface area (Å²) in [7, 11) is 0. The molecule has 1 saturated heterocycles. The molecule has 0 radical (unpaired) electrons. The number of aromatic amines is 1. The number of amides is 1. The minimum Gasteiger partial charge on any atom is -0.481 e. The number of fused-ring (bicyclic) bond motifs is 1. The Labute approximate surface area is 221 Å². The zero-order valence-electron chi connectivity index (χ0n) is 21.2. The summed E-state index contributed by atoms with van der Waals surface area (Å²) in [6.45, 7) is 5.23. The van der Waals surface area contributed by atoms with Crippen LogP contribution in [0.25, 0.3) is 22.4 Å². The van der Waals surface area contributed by atoms with Gasteiger partial charge < -0.3 is 19.7 Å². The van der Waals surface area contributed by atoms with Gasteiger partial charge in [-0.25, -0.2) is 4.98 Å². The molecule has 8 nitrogen and oxygen atoms in total. The number of nitrogens with zero attached hydrogens (tertiary/aromatic N) is 3. The third kappa shape index (κ3) is 5.59. The van der Waals surface area contributed by atoms with E-state index in [1.807, 2.05) is 36.9 Å². The van der Waals surface area contributed by atoms with Crippen LogP contribution in [0.1, 0.15) is 63.9 Å². The lowest BCUT2D eigenvalue weighted by Gasteiger charge is -2.32. The lowest BCUT2D eigenvalue weighted by atomic mass is 9.78. The largest absolute Gasteiger partial charge is 0.481 e. The van der Waals surface area contributed by atoms with E-state index in [2.05, 4.69) is 22.1 Å². The maximum Gasteiger partial charge on any atom is 0.306 e. The Morgan fingerprint density at radius 1 is 1.05 bits per heavy atom. The number of aromatic nitrogens is 3. The molecule has 9 heteroatoms. The van der Waals surface area contributed by atoms with Crippen LogP contribution in [-0.4, -0.2) is 56.0 Å². The van der Waals surface area contributed by atoms with E-state index >= 15 is 0 Å². The van der Waals surface area contributed by atoms with Crippen molar-refractivity contribution in [2.24, 2.45) is 11.8 Å². The zero-order valence-corrected chi connectivity index (χ0v) is 22.0. The van der Waals surface area contributed by atoms with E-state index in [4.69, 9.17) is 21.3 Å². The van der Waals surface area contributed by atoms with Gasteiger partial charge in [0, 0.05) is 37.4 Å². The Bertz CT molecular complexity index is 1270. The van der Waals surface area contributed by atoms with Gasteiger partial charge in [0.25, 0.3) is 6.01 Å². The Kier molecular flexibility index (Phi) is 7.38. The number of pyridine rings is 1. The average molecular weight is 525 g/mol. The average Bonchev–Trinajstić information content (AvgIpc) is 3.29. The van der Waals surface area contributed by atoms with Crippen molar-refractivity contribution in [1.82, 2.24) is 19.9 Å². The molecule has 0 atom stereocenters. The molecule has 1 amide bonds. The fraction of sp³-hybridized carbons (Fsp3) is 0.500. The highest BCUT2D eigenvalue weighted by Crippen LogP contribution is 2.37. The zero-order chi connectivity index (χ0) is 26.1. The third-order valence-corrected chi connectivity index (χ3v) is 7.95. The third-order valence-electron chi connectivity index (χ3n) is 7.66. The number of carboxylic acids is 1. The summed E-state index contributed by atoms with van der Waals surface area (Å²) < 4.78 is 6.10. The van der Waals surface area contributed by atoms with Gasteiger partial charge in [0.2, 0.25) is 5.91 Å². The predicted octanol–water partition coefficient (Wildman–Crippen LogP) is 5.66. The molecule has 0 bridgehead atoms. The first-order chi connectivity index (χ1) is 17.8. The van der Waals surface area contributed by atoms with Gasteiger partial charge in [0.05, 0.1) is 22.2 Å². The lowest BCUT2D eigenvalue weighted by Crippen LogP contribution is -2.43. The van der Waals surface area contributed by atoms with Gasteiger partial charge >= 0.3 is 5.97 Å². The van der Waals surface area contributed by atoms with E-state index in [0.29, 0.717) is 46.9 Å². The fourth-order valence-electron chi connectivity index (χ4n) is 5.46. The molecule has 5 rings (SSSR count). The number of rotatable bonds is 6. The monoisotopic (exact) mass is 524 g/mol. The van der Waals surface area contributed by atoms with Crippen LogP contribution in [0.2, 0.25) is 5.02 Å². The topological polar surface area (TPSA) is 108 Å². The number of benzene rings is 1. The molecule has 1 aromatic carbocycles. The van der Waals surface area contributed by atoms with Gasteiger partial charge in [-0.3, -0.25) is 9.59 Å². The second-order valence-electron chi connectivity index (χ2n) is 10.5. The highest BCUT2D eigenvalue weighted by Gasteiger charge is 2.27. The fourth-order valence-corrected chi connectivity index (χ4v) is 5.72. The number of halogens is 1. The number of aliphatic carboxylic acids is 1. The normalized spacial score (nSPS) is 20.9. The highest BCUT2D eigenvalue weighted by atomic mass is 35.5. The molecule has 2 N–H and O–H groups in total. The number of hydrogen-bond donors (Lipinski definition) is 2. The first-order valence-electron chi connectivity index (χ1n) is 13.1. The summed E-state index contributed by atoms with van der Waals surface area (Å²) in [5, 5.41) is 9.76. The van der Waals surface area contributed by atoms with Crippen LogP contribution in [-0.2, 0) is 9.59 Å². The quantitative estimate of drug-likeness (QED) is 0.430. The Balaban J connectivity index is 1.25. The van der Waals surface area contributed by atoms with Gasteiger partial charge in [0.1, 0.15) is 6.10 Å². The minimum atomic E-state index is -0.680. The predicted molar refractivity (Wildman–Crippen MR) is 142 cm³/mol. The van der Waals surface area contributed by atoms with Crippen molar-refractivity contribution in [3.8, 4) is 17.3 Å². The van der Waals surface area contributed by atoms with Crippen LogP contribution in [0.4, 0.5) is 0 Å². The van der Waals surface area contributed by atoms with Gasteiger partial charge in [0.15, 0.2) is 5.65 Å². The Morgan fingerprint density at radius 2 is 1.73 bits per heavy atom. The van der Waals surface area contributed by atoms with Crippen molar-refractivity contribution >= 4 is 34.6 Å². The number of carbonyl (C=O) groups excluding carboxylic acids is 1. The Hall–Kier alpha value is -3.13. The number of carbonyl (C=O) groups is 2. The molecule has 1 aliphatic heterocycles. The smallest absolute Gasteiger partial charge is 0.306 e. The molecule has 196 valence electrons. The number of likely N-dealkylation sites (tertiary alicyclic amines) is 1. The minimum absolute atomic E-state index is 0.00731. The van der Waals surface area contributed by atoms with Crippen molar-refractivity contribution in [2.75, 3.05) is 13.1 Å². The SMILES string of the molecule is CC(C)C(=O)N1CCC(Oc2nc3nc(-c4ccc(C5CCC(C(=O)O)CC5)cc4)c(Cl)cc3[nH]2)CC1. The highest BCUT2D eigenvalue weighted by molar-refractivity contribution is 6.33. The molecule has 2 fully saturated rings. The van der Waals surface area contributed by atoms with Gasteiger partial charge in [-0.1, -0.05) is 49.7 Å². The first-order valence-corrected chi connectivity index (χ1v) is 13.5. The van der Waals surface area contributed by atoms with Crippen LogP contribution >= 0.6 is 11.6 Å². The van der Waals surface area contributed by atoms with Crippen molar-refractivity contribution in [1.29, 1.82) is 0 Å². The summed E-state index contributed by atoms with van der Waals surface area (Å²) in [6, 6.07) is 10.5. The summed E-state index contributed by atoms with van der Waals surface area (Å²) in [5.41, 5.74) is 4.04. The molecule has 1 saturated carbocycles. The van der Waals surface area contributed by atoms with Crippen molar-refractivity contribution in [3.05, 3.63) is 40.9 Å². The number of imidazole rings is 1. The van der Waals surface area contributed by atoms with Gasteiger partial charge in [-0.15, -0.1) is 0 Å². The van der Waals surface area contributed by atoms with Crippen LogP contribution in [0.15, 0.2) is 30.3 Å². The number of ether oxygens (including phenoxy) is 1. The maximum absolute atomic E-state index is 12.2. The molecule has 3 heterocycles. The van der Waals surface area contributed by atoms with E-state index in [9.17, 15) is 14.7 Å². The van der Waals surface area contributed by atoms with E-state index in [1.54, 1.807) is 0 Å². The second-order valence-corrected chi connectivity index (χ2v) is 10.9. The van der Waals surface area contributed by atoms with E-state index in [1.165, 1.54) is 5.56 Å². The van der Waals surface area contributed by atoms with Crippen LogP contribution in [0.5, 0.6) is 6.01 Å². The summed E-state index contributed by atoms with van der Waals surface area (Å²) in [4.78, 5) is 37.8. The number of hydrogen-bond acceptors (Lipinski definition) is 5. The van der Waals surface area contributed by atoms with Crippen LogP contribution in [0.3, 0.4) is 0 Å². The molecule has 2 aliphatic rings. The molecule has 3 aromatic rings. The number of piperidine rings is 1. The molecular formula is C28H33ClN4O4. The van der Waals surface area contributed by atoms with Gasteiger partial charge in [-0.05, 0) is 43.2 Å². The number of nitrogens with one attached hydrogen (secondary N) is 1. The molecular weight excluding hydrogens is 492 g/mol. The maximum atomic E-state index is 12.2. The summed E-state index contributed by atoms with van der Waals surface area (Å²) >= 11 is 6.60. The van der Waals surface area contributed by atoms with Gasteiger partial charge in [-0.2, -0.15) is 4.98 Å². The molecule has 37 heavy (non-hydrogen) atoms. The number of carboxylic acid groups (broad SMARTS) is 1. The molecule has 0 unspecified atom stereocenters. The van der Waals surface area contributed by atoms with Crippen LogP contribution < -0.4 is 4.74 Å². The summed E-state index contributed by atoms with van der Waals surface area (Å²) in [6.07, 6.45) is 4.76. The Morgan fingerprint density at radius 3 is 2.35 bits per heavy atom. The van der Waals surface area contributed by atoms with Crippen molar-refractivity contribution < 1.29 is 19.4 Å². The molecule has 0 spiro atoms. The van der Waals surface area contributed by atoms with Crippen molar-refractivity contribution in [2.45, 2.75) is 64.4 Å². The lowest BCUT2D eigenvalue weighted by molar-refractivity contribution is -0.143. The van der Waals surface area contributed by atoms with E-state index < -0.39 is 5.97 Å². The standard InChI is InChI=1S/C28H33ClN4O4/c1-16(2)26(34)33-13-11-21(12-14-33)37-28-30-23-15-22(29)24(31-25(23)32-28)19-7-3-17(4-8-19)18-5-9-20(10-6-18)27(35)36/h3-4,7-8,15-16,18,20-21H,5-6,9-14H2,1-2H3,(H,35,36)(H,30,31,32). The molecule has 1 aliphatic carbocycles. The van der Waals surface area contributed by atoms with E-state index in [-0.39, 0.29) is 23.8 Å². The molecule has 2 aromatic heterocycles. The van der Waals surface area contributed by atoms with Crippen molar-refractivity contribution in [3.63, 3.8) is 0 Å². The van der Waals surface area contributed by atoms with E-state index in [0.717, 1.165) is 44.1 Å². The first kappa shape index (κ1) is 25.5. The number of H-pyrrole nitrogens is 1.